The van der Waals surface area contributed by atoms with E-state index in [2.05, 4.69) is 18.7 Å². The van der Waals surface area contributed by atoms with Crippen LogP contribution in [0.1, 0.15) is 105 Å². The van der Waals surface area contributed by atoms with Crippen LogP contribution in [-0.4, -0.2) is 29.8 Å². The summed E-state index contributed by atoms with van der Waals surface area (Å²) in [7, 11) is 0. The quantitative estimate of drug-likeness (QED) is 0.236. The molecule has 0 bridgehead atoms. The second-order valence-electron chi connectivity index (χ2n) is 8.94. The molecule has 0 aromatic rings. The van der Waals surface area contributed by atoms with E-state index in [4.69, 9.17) is 16.4 Å². The molecule has 0 aromatic carbocycles. The lowest BCUT2D eigenvalue weighted by Gasteiger charge is -2.21. The third-order valence-electron chi connectivity index (χ3n) is 4.83. The minimum Gasteiger partial charge on any atom is -0.481 e. The summed E-state index contributed by atoms with van der Waals surface area (Å²) in [5.74, 6) is -0.686. The summed E-state index contributed by atoms with van der Waals surface area (Å²) >= 11 is 0. The summed E-state index contributed by atoms with van der Waals surface area (Å²) in [6.45, 7) is 16.2. The number of carboxylic acid groups (broad SMARTS) is 1. The Morgan fingerprint density at radius 3 is 1.81 bits per heavy atom. The number of rotatable bonds is 17. The molecule has 0 atom stereocenters. The van der Waals surface area contributed by atoms with E-state index in [1.165, 1.54) is 51.4 Å². The highest BCUT2D eigenvalue weighted by molar-refractivity contribution is 5.67. The van der Waals surface area contributed by atoms with Gasteiger partial charge in [0.2, 0.25) is 6.54 Å². The lowest BCUT2D eigenvalue weighted by atomic mass is 9.83. The summed E-state index contributed by atoms with van der Waals surface area (Å²) in [6, 6.07) is 0. The van der Waals surface area contributed by atoms with Gasteiger partial charge in [-0.2, -0.15) is 0 Å². The third kappa shape index (κ3) is 16.4. The molecule has 0 aliphatic rings. The fraction of sp³-hybridized carbons (Fsp3) is 0.909. The highest BCUT2D eigenvalue weighted by Gasteiger charge is 2.21. The van der Waals surface area contributed by atoms with E-state index < -0.39 is 5.97 Å². The number of hydrogen-bond acceptors (Lipinski definition) is 2. The Bertz CT molecular complexity index is 410. The van der Waals surface area contributed by atoms with E-state index >= 15 is 0 Å². The van der Waals surface area contributed by atoms with Crippen molar-refractivity contribution in [3.05, 3.63) is 11.4 Å². The van der Waals surface area contributed by atoms with Crippen molar-refractivity contribution < 1.29 is 14.6 Å². The summed E-state index contributed by atoms with van der Waals surface area (Å²) in [5, 5.41) is 8.88. The molecule has 152 valence electrons. The standard InChI is InChI=1S/C22H41NO3/c1-21(2,18-20(24)25)16-14-12-10-8-6-7-9-11-13-15-17-26-22(3,4)19-23-5/h6-19H2,1-4H3,(H,24,25). The van der Waals surface area contributed by atoms with Gasteiger partial charge in [-0.3, -0.25) is 4.79 Å². The highest BCUT2D eigenvalue weighted by atomic mass is 16.5. The van der Waals surface area contributed by atoms with Gasteiger partial charge in [0, 0.05) is 6.61 Å². The molecule has 0 rings (SSSR count). The first-order valence-electron chi connectivity index (χ1n) is 10.4. The predicted molar refractivity (Wildman–Crippen MR) is 108 cm³/mol. The lowest BCUT2D eigenvalue weighted by molar-refractivity contribution is -0.139. The van der Waals surface area contributed by atoms with Crippen molar-refractivity contribution in [2.24, 2.45) is 5.41 Å². The summed E-state index contributed by atoms with van der Waals surface area (Å²) < 4.78 is 5.75. The summed E-state index contributed by atoms with van der Waals surface area (Å²) in [6.07, 6.45) is 13.7. The maximum absolute atomic E-state index is 10.8. The average molecular weight is 368 g/mol. The SMILES string of the molecule is [C-]#[N+]CC(C)(C)OCCCCCCCCCCCCC(C)(C)CC(=O)O. The molecule has 0 saturated carbocycles. The maximum Gasteiger partial charge on any atom is 0.303 e. The molecule has 1 N–H and O–H groups in total. The molecule has 0 amide bonds. The van der Waals surface area contributed by atoms with E-state index in [0.717, 1.165) is 25.9 Å². The topological polar surface area (TPSA) is 50.9 Å². The molecule has 4 heteroatoms. The zero-order chi connectivity index (χ0) is 19.9. The lowest BCUT2D eigenvalue weighted by Crippen LogP contribution is -2.27. The zero-order valence-corrected chi connectivity index (χ0v) is 17.6. The van der Waals surface area contributed by atoms with Gasteiger partial charge < -0.3 is 14.7 Å². The first-order chi connectivity index (χ1) is 12.2. The smallest absolute Gasteiger partial charge is 0.303 e. The second-order valence-corrected chi connectivity index (χ2v) is 8.94. The Morgan fingerprint density at radius 2 is 1.35 bits per heavy atom. The van der Waals surface area contributed by atoms with Crippen LogP contribution in [0.4, 0.5) is 0 Å². The van der Waals surface area contributed by atoms with E-state index in [-0.39, 0.29) is 17.4 Å². The summed E-state index contributed by atoms with van der Waals surface area (Å²) in [5.41, 5.74) is -0.370. The van der Waals surface area contributed by atoms with E-state index in [0.29, 0.717) is 6.54 Å². The van der Waals surface area contributed by atoms with Crippen molar-refractivity contribution in [3.63, 3.8) is 0 Å². The van der Waals surface area contributed by atoms with Crippen LogP contribution in [-0.2, 0) is 9.53 Å². The fourth-order valence-electron chi connectivity index (χ4n) is 3.20. The monoisotopic (exact) mass is 367 g/mol. The van der Waals surface area contributed by atoms with Gasteiger partial charge in [0.05, 0.1) is 6.42 Å². The van der Waals surface area contributed by atoms with Crippen LogP contribution in [0, 0.1) is 12.0 Å². The number of nitrogens with zero attached hydrogens (tertiary/aromatic N) is 1. The predicted octanol–water partition coefficient (Wildman–Crippen LogP) is 6.49. The number of hydrogen-bond donors (Lipinski definition) is 1. The Morgan fingerprint density at radius 1 is 0.885 bits per heavy atom. The van der Waals surface area contributed by atoms with Gasteiger partial charge in [-0.25, -0.2) is 6.57 Å². The highest BCUT2D eigenvalue weighted by Crippen LogP contribution is 2.28. The normalized spacial score (nSPS) is 12.1. The second kappa shape index (κ2) is 14.0. The first-order valence-corrected chi connectivity index (χ1v) is 10.4. The number of aliphatic carboxylic acids is 1. The van der Waals surface area contributed by atoms with Gasteiger partial charge in [-0.15, -0.1) is 0 Å². The van der Waals surface area contributed by atoms with Crippen LogP contribution in [0.25, 0.3) is 4.85 Å². The minimum atomic E-state index is -0.686. The molecule has 0 unspecified atom stereocenters. The number of carbonyl (C=O) groups is 1. The van der Waals surface area contributed by atoms with Gasteiger partial charge >= 0.3 is 5.97 Å². The van der Waals surface area contributed by atoms with Crippen LogP contribution >= 0.6 is 0 Å². The zero-order valence-electron chi connectivity index (χ0n) is 17.6. The molecule has 0 radical (unpaired) electrons. The van der Waals surface area contributed by atoms with Crippen molar-refractivity contribution in [2.45, 2.75) is 110 Å². The molecule has 0 heterocycles. The van der Waals surface area contributed by atoms with Crippen molar-refractivity contribution >= 4 is 5.97 Å². The van der Waals surface area contributed by atoms with Crippen molar-refractivity contribution in [1.82, 2.24) is 0 Å². The van der Waals surface area contributed by atoms with Crippen LogP contribution < -0.4 is 0 Å². The molecule has 26 heavy (non-hydrogen) atoms. The number of unbranched alkanes of at least 4 members (excludes halogenated alkanes) is 9. The molecular weight excluding hydrogens is 326 g/mol. The number of carboxylic acids is 1. The van der Waals surface area contributed by atoms with Gasteiger partial charge in [0.25, 0.3) is 0 Å². The largest absolute Gasteiger partial charge is 0.481 e. The molecular formula is C22H41NO3. The fourth-order valence-corrected chi connectivity index (χ4v) is 3.20. The molecule has 0 saturated heterocycles. The van der Waals surface area contributed by atoms with E-state index in [1.807, 2.05) is 13.8 Å². The molecule has 0 aliphatic carbocycles. The van der Waals surface area contributed by atoms with Crippen molar-refractivity contribution in [1.29, 1.82) is 0 Å². The molecule has 0 aromatic heterocycles. The number of ether oxygens (including phenoxy) is 1. The summed E-state index contributed by atoms with van der Waals surface area (Å²) in [4.78, 5) is 14.2. The van der Waals surface area contributed by atoms with Crippen LogP contribution in [0.2, 0.25) is 0 Å². The first kappa shape index (κ1) is 24.9. The Labute approximate surface area is 161 Å². The van der Waals surface area contributed by atoms with Crippen LogP contribution in [0.5, 0.6) is 0 Å². The Kier molecular flexibility index (Phi) is 13.5. The van der Waals surface area contributed by atoms with Gasteiger partial charge in [0.15, 0.2) is 0 Å². The molecule has 0 spiro atoms. The van der Waals surface area contributed by atoms with Crippen LogP contribution in [0.15, 0.2) is 0 Å². The van der Waals surface area contributed by atoms with Gasteiger partial charge in [-0.05, 0) is 32.1 Å². The van der Waals surface area contributed by atoms with Gasteiger partial charge in [-0.1, -0.05) is 71.6 Å². The van der Waals surface area contributed by atoms with Gasteiger partial charge in [0.1, 0.15) is 5.60 Å². The van der Waals surface area contributed by atoms with E-state index in [1.54, 1.807) is 0 Å². The van der Waals surface area contributed by atoms with Crippen molar-refractivity contribution in [3.8, 4) is 0 Å². The Hall–Kier alpha value is -1.08. The van der Waals surface area contributed by atoms with E-state index in [9.17, 15) is 4.79 Å². The molecule has 0 fully saturated rings. The maximum atomic E-state index is 10.8. The molecule has 4 nitrogen and oxygen atoms in total. The van der Waals surface area contributed by atoms with Crippen LogP contribution in [0.3, 0.4) is 0 Å². The molecule has 0 aliphatic heterocycles. The Balaban J connectivity index is 3.35. The minimum absolute atomic E-state index is 0.0687. The average Bonchev–Trinajstić information content (AvgIpc) is 2.50. The van der Waals surface area contributed by atoms with Crippen molar-refractivity contribution in [2.75, 3.05) is 13.2 Å². The third-order valence-corrected chi connectivity index (χ3v) is 4.83.